The quantitative estimate of drug-likeness (QED) is 0.282. The minimum Gasteiger partial charge on any atom is -0.493 e. The van der Waals surface area contributed by atoms with Crippen molar-refractivity contribution in [2.45, 2.75) is 19.3 Å². The van der Waals surface area contributed by atoms with Gasteiger partial charge in [0.15, 0.2) is 11.5 Å². The Kier molecular flexibility index (Phi) is 5.89. The number of benzene rings is 3. The third-order valence-corrected chi connectivity index (χ3v) is 8.36. The van der Waals surface area contributed by atoms with Crippen LogP contribution in [0.15, 0.2) is 71.5 Å². The molecule has 0 saturated carbocycles. The first-order chi connectivity index (χ1) is 17.7. The Hall–Kier alpha value is -3.77. The van der Waals surface area contributed by atoms with Gasteiger partial charge in [-0.05, 0) is 60.7 Å². The molecule has 0 aliphatic carbocycles. The zero-order chi connectivity index (χ0) is 24.6. The van der Waals surface area contributed by atoms with Crippen molar-refractivity contribution in [1.29, 1.82) is 0 Å². The Morgan fingerprint density at radius 2 is 1.50 bits per heavy atom. The van der Waals surface area contributed by atoms with Crippen molar-refractivity contribution >= 4 is 38.0 Å². The zero-order valence-corrected chi connectivity index (χ0v) is 21.3. The predicted octanol–water partition coefficient (Wildman–Crippen LogP) is 7.08. The average Bonchev–Trinajstić information content (AvgIpc) is 3.33. The van der Waals surface area contributed by atoms with Crippen LogP contribution in [-0.4, -0.2) is 32.3 Å². The smallest absolute Gasteiger partial charge is 0.256 e. The number of nitrogens with zero attached hydrogens (tertiary/aromatic N) is 1. The molecule has 0 radical (unpaired) electrons. The molecule has 1 aliphatic heterocycles. The molecule has 0 atom stereocenters. The maximum atomic E-state index is 13.1. The molecule has 3 heterocycles. The fourth-order valence-corrected chi connectivity index (χ4v) is 6.57. The number of hydrogen-bond donors (Lipinski definition) is 1. The van der Waals surface area contributed by atoms with Gasteiger partial charge < -0.3 is 19.4 Å². The number of methoxy groups -OCH3 is 2. The maximum Gasteiger partial charge on any atom is 0.256 e. The number of thiophene rings is 1. The number of piperidine rings is 1. The van der Waals surface area contributed by atoms with E-state index in [0.29, 0.717) is 16.9 Å². The van der Waals surface area contributed by atoms with E-state index in [9.17, 15) is 4.79 Å². The summed E-state index contributed by atoms with van der Waals surface area (Å²) in [4.78, 5) is 19.8. The Bertz CT molecular complexity index is 1610. The van der Waals surface area contributed by atoms with E-state index in [-0.39, 0.29) is 5.56 Å². The Morgan fingerprint density at radius 1 is 0.806 bits per heavy atom. The third-order valence-electron chi connectivity index (χ3n) is 7.09. The summed E-state index contributed by atoms with van der Waals surface area (Å²) in [6, 6.07) is 22.6. The predicted molar refractivity (Wildman–Crippen MR) is 150 cm³/mol. The first-order valence-electron chi connectivity index (χ1n) is 12.3. The van der Waals surface area contributed by atoms with Crippen LogP contribution in [0.4, 0.5) is 5.69 Å². The van der Waals surface area contributed by atoms with Crippen LogP contribution in [-0.2, 0) is 0 Å². The number of hydrogen-bond acceptors (Lipinski definition) is 5. The minimum absolute atomic E-state index is 0.0791. The molecule has 0 amide bonds. The minimum atomic E-state index is -0.0791. The fourth-order valence-electron chi connectivity index (χ4n) is 5.25. The molecule has 3 aromatic carbocycles. The molecule has 0 unspecified atom stereocenters. The summed E-state index contributed by atoms with van der Waals surface area (Å²) < 4.78 is 12.2. The van der Waals surface area contributed by atoms with E-state index in [4.69, 9.17) is 9.47 Å². The van der Waals surface area contributed by atoms with Crippen molar-refractivity contribution in [2.24, 2.45) is 0 Å². The second kappa shape index (κ2) is 9.36. The van der Waals surface area contributed by atoms with Gasteiger partial charge in [0.1, 0.15) is 0 Å². The molecule has 1 N–H and O–H groups in total. The molecule has 36 heavy (non-hydrogen) atoms. The molecule has 5 nitrogen and oxygen atoms in total. The first kappa shape index (κ1) is 22.7. The lowest BCUT2D eigenvalue weighted by molar-refractivity contribution is 0.355. The van der Waals surface area contributed by atoms with Crippen molar-refractivity contribution in [2.75, 3.05) is 32.2 Å². The normalized spacial score (nSPS) is 13.9. The monoisotopic (exact) mass is 496 g/mol. The van der Waals surface area contributed by atoms with Crippen LogP contribution in [0.5, 0.6) is 11.5 Å². The molecule has 6 rings (SSSR count). The van der Waals surface area contributed by atoms with Crippen LogP contribution >= 0.6 is 11.3 Å². The van der Waals surface area contributed by atoms with Gasteiger partial charge in [-0.15, -0.1) is 11.3 Å². The van der Waals surface area contributed by atoms with Gasteiger partial charge in [0, 0.05) is 40.0 Å². The summed E-state index contributed by atoms with van der Waals surface area (Å²) in [5, 5.41) is 1.68. The molecule has 182 valence electrons. The lowest BCUT2D eigenvalue weighted by Crippen LogP contribution is -2.29. The van der Waals surface area contributed by atoms with Crippen LogP contribution < -0.4 is 19.9 Å². The number of anilines is 1. The topological polar surface area (TPSA) is 54.6 Å². The van der Waals surface area contributed by atoms with Crippen molar-refractivity contribution in [3.8, 4) is 33.1 Å². The fraction of sp³-hybridized carbons (Fsp3) is 0.233. The van der Waals surface area contributed by atoms with Crippen LogP contribution in [0.25, 0.3) is 42.6 Å². The highest BCUT2D eigenvalue weighted by atomic mass is 32.1. The van der Waals surface area contributed by atoms with Crippen LogP contribution in [0, 0.1) is 0 Å². The first-order valence-corrected chi connectivity index (χ1v) is 13.1. The molecular weight excluding hydrogens is 468 g/mol. The van der Waals surface area contributed by atoms with E-state index in [0.717, 1.165) is 50.3 Å². The van der Waals surface area contributed by atoms with Crippen molar-refractivity contribution in [1.82, 2.24) is 4.98 Å². The van der Waals surface area contributed by atoms with Gasteiger partial charge >= 0.3 is 0 Å². The van der Waals surface area contributed by atoms with Gasteiger partial charge in [0.05, 0.1) is 24.4 Å². The van der Waals surface area contributed by atoms with Crippen LogP contribution in [0.1, 0.15) is 19.3 Å². The second-order valence-corrected chi connectivity index (χ2v) is 10.2. The lowest BCUT2D eigenvalue weighted by atomic mass is 9.99. The van der Waals surface area contributed by atoms with Crippen molar-refractivity contribution < 1.29 is 9.47 Å². The number of pyridine rings is 1. The molecule has 2 aromatic heterocycles. The van der Waals surface area contributed by atoms with Gasteiger partial charge in [-0.25, -0.2) is 0 Å². The Balaban J connectivity index is 1.58. The number of ether oxygens (including phenoxy) is 2. The van der Waals surface area contributed by atoms with Gasteiger partial charge in [0.2, 0.25) is 0 Å². The average molecular weight is 497 g/mol. The van der Waals surface area contributed by atoms with Gasteiger partial charge in [-0.3, -0.25) is 4.79 Å². The molecule has 1 aliphatic rings. The van der Waals surface area contributed by atoms with Crippen molar-refractivity contribution in [3.63, 3.8) is 0 Å². The summed E-state index contributed by atoms with van der Waals surface area (Å²) in [6.07, 6.45) is 3.82. The number of H-pyrrole nitrogens is 1. The summed E-state index contributed by atoms with van der Waals surface area (Å²) >= 11 is 1.72. The second-order valence-electron chi connectivity index (χ2n) is 9.17. The van der Waals surface area contributed by atoms with Crippen LogP contribution in [0.3, 0.4) is 0 Å². The van der Waals surface area contributed by atoms with Gasteiger partial charge in [-0.1, -0.05) is 36.4 Å². The Labute approximate surface area is 213 Å². The summed E-state index contributed by atoms with van der Waals surface area (Å²) in [6.45, 7) is 2.23. The number of aromatic amines is 1. The maximum absolute atomic E-state index is 13.1. The highest BCUT2D eigenvalue weighted by Gasteiger charge is 2.21. The standard InChI is InChI=1S/C30H28N2O3S/c1-34-24-15-12-20(18-25(24)35-2)26-27-29(22-8-4-5-9-23(22)30(33)31-27)36-28(26)19-10-13-21(14-11-19)32-16-6-3-7-17-32/h4-5,8-15,18H,3,6-7,16-17H2,1-2H3,(H,31,33). The van der Waals surface area contributed by atoms with Crippen molar-refractivity contribution in [3.05, 3.63) is 77.1 Å². The van der Waals surface area contributed by atoms with Gasteiger partial charge in [0.25, 0.3) is 5.56 Å². The summed E-state index contributed by atoms with van der Waals surface area (Å²) in [7, 11) is 3.28. The molecule has 1 saturated heterocycles. The number of rotatable bonds is 5. The van der Waals surface area contributed by atoms with E-state index in [1.165, 1.54) is 24.9 Å². The lowest BCUT2D eigenvalue weighted by Gasteiger charge is -2.28. The van der Waals surface area contributed by atoms with E-state index in [1.807, 2.05) is 42.5 Å². The molecule has 0 bridgehead atoms. The third kappa shape index (κ3) is 3.82. The summed E-state index contributed by atoms with van der Waals surface area (Å²) in [5.41, 5.74) is 5.15. The number of aromatic nitrogens is 1. The van der Waals surface area contributed by atoms with Gasteiger partial charge in [-0.2, -0.15) is 0 Å². The molecule has 5 aromatic rings. The Morgan fingerprint density at radius 3 is 2.22 bits per heavy atom. The summed E-state index contributed by atoms with van der Waals surface area (Å²) in [5.74, 6) is 1.33. The van der Waals surface area contributed by atoms with E-state index in [2.05, 4.69) is 34.1 Å². The molecule has 0 spiro atoms. The molecule has 1 fully saturated rings. The molecular formula is C30H28N2O3S. The molecule has 6 heteroatoms. The SMILES string of the molecule is COc1ccc(-c2c(-c3ccc(N4CCCCC4)cc3)sc3c2[nH]c(=O)c2ccccc23)cc1OC. The number of fused-ring (bicyclic) bond motifs is 3. The highest BCUT2D eigenvalue weighted by molar-refractivity contribution is 7.24. The van der Waals surface area contributed by atoms with E-state index >= 15 is 0 Å². The van der Waals surface area contributed by atoms with Crippen LogP contribution in [0.2, 0.25) is 0 Å². The number of nitrogens with one attached hydrogen (secondary N) is 1. The van der Waals surface area contributed by atoms with E-state index < -0.39 is 0 Å². The largest absolute Gasteiger partial charge is 0.493 e. The van der Waals surface area contributed by atoms with E-state index in [1.54, 1.807) is 25.6 Å². The zero-order valence-electron chi connectivity index (χ0n) is 20.5. The highest BCUT2D eigenvalue weighted by Crippen LogP contribution is 2.47.